The SMILES string of the molecule is CCc1nonc1NC(=O)COc1ccc(Cl)cc1C. The zero-order chi connectivity index (χ0) is 14.5. The van der Waals surface area contributed by atoms with Gasteiger partial charge in [0.05, 0.1) is 0 Å². The van der Waals surface area contributed by atoms with E-state index in [1.807, 2.05) is 13.8 Å². The Morgan fingerprint density at radius 2 is 2.25 bits per heavy atom. The van der Waals surface area contributed by atoms with Crippen molar-refractivity contribution in [3.63, 3.8) is 0 Å². The standard InChI is InChI=1S/C13H14ClN3O3/c1-3-10-13(17-20-16-10)15-12(18)7-19-11-5-4-9(14)6-8(11)2/h4-6H,3,7H2,1-2H3,(H,15,17,18). The molecule has 0 spiro atoms. The molecule has 1 aromatic heterocycles. The van der Waals surface area contributed by atoms with Gasteiger partial charge in [0, 0.05) is 5.02 Å². The molecule has 7 heteroatoms. The van der Waals surface area contributed by atoms with Crippen molar-refractivity contribution in [1.82, 2.24) is 10.3 Å². The molecule has 106 valence electrons. The lowest BCUT2D eigenvalue weighted by Gasteiger charge is -2.08. The number of rotatable bonds is 5. The van der Waals surface area contributed by atoms with Gasteiger partial charge in [0.1, 0.15) is 11.4 Å². The van der Waals surface area contributed by atoms with Crippen LogP contribution in [-0.4, -0.2) is 22.8 Å². The molecule has 1 heterocycles. The van der Waals surface area contributed by atoms with Crippen LogP contribution in [-0.2, 0) is 11.2 Å². The summed E-state index contributed by atoms with van der Waals surface area (Å²) in [6, 6.07) is 5.20. The van der Waals surface area contributed by atoms with Gasteiger partial charge < -0.3 is 10.1 Å². The first-order valence-electron chi connectivity index (χ1n) is 6.10. The lowest BCUT2D eigenvalue weighted by atomic mass is 10.2. The Bertz CT molecular complexity index is 613. The molecule has 1 amide bonds. The van der Waals surface area contributed by atoms with Crippen molar-refractivity contribution in [3.8, 4) is 5.75 Å². The van der Waals surface area contributed by atoms with E-state index >= 15 is 0 Å². The van der Waals surface area contributed by atoms with E-state index in [1.165, 1.54) is 0 Å². The van der Waals surface area contributed by atoms with Gasteiger partial charge in [0.25, 0.3) is 5.91 Å². The van der Waals surface area contributed by atoms with Crippen molar-refractivity contribution in [2.24, 2.45) is 0 Å². The van der Waals surface area contributed by atoms with E-state index in [1.54, 1.807) is 18.2 Å². The largest absolute Gasteiger partial charge is 0.483 e. The molecule has 20 heavy (non-hydrogen) atoms. The van der Waals surface area contributed by atoms with E-state index in [-0.39, 0.29) is 12.5 Å². The van der Waals surface area contributed by atoms with Gasteiger partial charge in [-0.15, -0.1) is 0 Å². The van der Waals surface area contributed by atoms with E-state index in [9.17, 15) is 4.79 Å². The number of aryl methyl sites for hydroxylation is 2. The monoisotopic (exact) mass is 295 g/mol. The third kappa shape index (κ3) is 3.48. The summed E-state index contributed by atoms with van der Waals surface area (Å²) in [5.74, 6) is 0.609. The summed E-state index contributed by atoms with van der Waals surface area (Å²) in [6.45, 7) is 3.62. The van der Waals surface area contributed by atoms with E-state index in [0.717, 1.165) is 5.56 Å². The molecule has 2 rings (SSSR count). The van der Waals surface area contributed by atoms with Crippen LogP contribution >= 0.6 is 11.6 Å². The maximum absolute atomic E-state index is 11.8. The molecular weight excluding hydrogens is 282 g/mol. The minimum absolute atomic E-state index is 0.127. The van der Waals surface area contributed by atoms with Crippen LogP contribution in [0.3, 0.4) is 0 Å². The number of nitrogens with zero attached hydrogens (tertiary/aromatic N) is 2. The van der Waals surface area contributed by atoms with Crippen LogP contribution in [0.15, 0.2) is 22.8 Å². The Labute approximate surface area is 121 Å². The molecule has 6 nitrogen and oxygen atoms in total. The number of amides is 1. The molecule has 1 aromatic carbocycles. The Balaban J connectivity index is 1.92. The molecule has 0 saturated carbocycles. The molecule has 1 N–H and O–H groups in total. The average Bonchev–Trinajstić information content (AvgIpc) is 2.85. The Morgan fingerprint density at radius 1 is 1.45 bits per heavy atom. The van der Waals surface area contributed by atoms with E-state index in [2.05, 4.69) is 20.3 Å². The van der Waals surface area contributed by atoms with Gasteiger partial charge >= 0.3 is 0 Å². The van der Waals surface area contributed by atoms with Gasteiger partial charge in [-0.3, -0.25) is 4.79 Å². The van der Waals surface area contributed by atoms with E-state index in [0.29, 0.717) is 28.7 Å². The molecule has 0 fully saturated rings. The maximum Gasteiger partial charge on any atom is 0.263 e. The van der Waals surface area contributed by atoms with Gasteiger partial charge in [0.2, 0.25) is 5.82 Å². The molecule has 0 aliphatic rings. The number of carbonyl (C=O) groups excluding carboxylic acids is 1. The number of anilines is 1. The first kappa shape index (κ1) is 14.3. The molecule has 0 bridgehead atoms. The molecule has 0 radical (unpaired) electrons. The summed E-state index contributed by atoms with van der Waals surface area (Å²) in [4.78, 5) is 11.8. The van der Waals surface area contributed by atoms with Crippen molar-refractivity contribution in [2.75, 3.05) is 11.9 Å². The Morgan fingerprint density at radius 3 is 2.95 bits per heavy atom. The smallest absolute Gasteiger partial charge is 0.263 e. The van der Waals surface area contributed by atoms with Crippen LogP contribution in [0, 0.1) is 6.92 Å². The van der Waals surface area contributed by atoms with Gasteiger partial charge in [-0.25, -0.2) is 4.63 Å². The van der Waals surface area contributed by atoms with Crippen molar-refractivity contribution in [1.29, 1.82) is 0 Å². The van der Waals surface area contributed by atoms with Crippen LogP contribution in [0.25, 0.3) is 0 Å². The third-order valence-corrected chi connectivity index (χ3v) is 2.88. The number of carbonyl (C=O) groups is 1. The first-order valence-corrected chi connectivity index (χ1v) is 6.48. The third-order valence-electron chi connectivity index (χ3n) is 2.64. The molecule has 0 aliphatic heterocycles. The highest BCUT2D eigenvalue weighted by Gasteiger charge is 2.12. The zero-order valence-corrected chi connectivity index (χ0v) is 11.9. The van der Waals surface area contributed by atoms with Crippen LogP contribution in [0.1, 0.15) is 18.2 Å². The predicted octanol–water partition coefficient (Wildman–Crippen LogP) is 2.61. The van der Waals surface area contributed by atoms with Crippen molar-refractivity contribution in [2.45, 2.75) is 20.3 Å². The quantitative estimate of drug-likeness (QED) is 0.917. The molecule has 0 atom stereocenters. The van der Waals surface area contributed by atoms with Gasteiger partial charge in [-0.05, 0) is 42.3 Å². The van der Waals surface area contributed by atoms with E-state index < -0.39 is 0 Å². The number of nitrogens with one attached hydrogen (secondary N) is 1. The Hall–Kier alpha value is -2.08. The number of halogens is 1. The highest BCUT2D eigenvalue weighted by Crippen LogP contribution is 2.21. The van der Waals surface area contributed by atoms with Crippen molar-refractivity contribution < 1.29 is 14.2 Å². The number of ether oxygens (including phenoxy) is 1. The fourth-order valence-electron chi connectivity index (χ4n) is 1.62. The summed E-state index contributed by atoms with van der Waals surface area (Å²) in [6.07, 6.45) is 0.621. The van der Waals surface area contributed by atoms with Crippen LogP contribution < -0.4 is 10.1 Å². The number of hydrogen-bond acceptors (Lipinski definition) is 5. The summed E-state index contributed by atoms with van der Waals surface area (Å²) in [7, 11) is 0. The van der Waals surface area contributed by atoms with Gasteiger partial charge in [0.15, 0.2) is 6.61 Å². The second kappa shape index (κ2) is 6.38. The molecular formula is C13H14ClN3O3. The molecule has 0 aliphatic carbocycles. The van der Waals surface area contributed by atoms with Crippen LogP contribution in [0.2, 0.25) is 5.02 Å². The van der Waals surface area contributed by atoms with Gasteiger partial charge in [-0.1, -0.05) is 23.7 Å². The molecule has 2 aromatic rings. The topological polar surface area (TPSA) is 77.3 Å². The highest BCUT2D eigenvalue weighted by atomic mass is 35.5. The number of aromatic nitrogens is 2. The van der Waals surface area contributed by atoms with Crippen LogP contribution in [0.5, 0.6) is 5.75 Å². The average molecular weight is 296 g/mol. The van der Waals surface area contributed by atoms with Crippen molar-refractivity contribution in [3.05, 3.63) is 34.5 Å². The predicted molar refractivity (Wildman–Crippen MR) is 74.0 cm³/mol. The first-order chi connectivity index (χ1) is 9.60. The van der Waals surface area contributed by atoms with Crippen molar-refractivity contribution >= 4 is 23.3 Å². The minimum Gasteiger partial charge on any atom is -0.483 e. The van der Waals surface area contributed by atoms with E-state index in [4.69, 9.17) is 16.3 Å². The normalized spacial score (nSPS) is 10.3. The summed E-state index contributed by atoms with van der Waals surface area (Å²) in [5, 5.41) is 10.5. The Kier molecular flexibility index (Phi) is 4.57. The highest BCUT2D eigenvalue weighted by molar-refractivity contribution is 6.30. The molecule has 0 unspecified atom stereocenters. The fourth-order valence-corrected chi connectivity index (χ4v) is 1.85. The second-order valence-corrected chi connectivity index (χ2v) is 4.60. The summed E-state index contributed by atoms with van der Waals surface area (Å²) in [5.41, 5.74) is 1.46. The lowest BCUT2D eigenvalue weighted by molar-refractivity contribution is -0.118. The minimum atomic E-state index is -0.329. The number of benzene rings is 1. The maximum atomic E-state index is 11.8. The zero-order valence-electron chi connectivity index (χ0n) is 11.1. The fraction of sp³-hybridized carbons (Fsp3) is 0.308. The lowest BCUT2D eigenvalue weighted by Crippen LogP contribution is -2.21. The summed E-state index contributed by atoms with van der Waals surface area (Å²) < 4.78 is 9.99. The molecule has 0 saturated heterocycles. The number of hydrogen-bond donors (Lipinski definition) is 1. The second-order valence-electron chi connectivity index (χ2n) is 4.16. The van der Waals surface area contributed by atoms with Crippen LogP contribution in [0.4, 0.5) is 5.82 Å². The summed E-state index contributed by atoms with van der Waals surface area (Å²) >= 11 is 5.85. The van der Waals surface area contributed by atoms with Gasteiger partial charge in [-0.2, -0.15) is 0 Å².